The van der Waals surface area contributed by atoms with Crippen LogP contribution in [0.1, 0.15) is 53.9 Å². The quantitative estimate of drug-likeness (QED) is 0.608. The summed E-state index contributed by atoms with van der Waals surface area (Å²) in [5.74, 6) is 2.12. The topological polar surface area (TPSA) is 3.24 Å². The Bertz CT molecular complexity index is 305. The normalized spacial score (nSPS) is 27.1. The van der Waals surface area contributed by atoms with E-state index in [-0.39, 0.29) is 0 Å². The fourth-order valence-corrected chi connectivity index (χ4v) is 3.29. The van der Waals surface area contributed by atoms with E-state index in [2.05, 4.69) is 52.7 Å². The van der Waals surface area contributed by atoms with Crippen LogP contribution in [0.25, 0.3) is 0 Å². The molecule has 1 rings (SSSR count). The van der Waals surface area contributed by atoms with Crippen molar-refractivity contribution in [3.63, 3.8) is 0 Å². The molecule has 0 radical (unpaired) electrons. The van der Waals surface area contributed by atoms with Gasteiger partial charge in [-0.05, 0) is 31.6 Å². The predicted octanol–water partition coefficient (Wildman–Crippen LogP) is 4.86. The number of hydrogen-bond donors (Lipinski definition) is 0. The number of rotatable bonds is 6. The number of allylic oxidation sites excluding steroid dienone is 1. The van der Waals surface area contributed by atoms with Crippen molar-refractivity contribution < 1.29 is 0 Å². The second-order valence-corrected chi connectivity index (χ2v) is 6.25. The summed E-state index contributed by atoms with van der Waals surface area (Å²) in [4.78, 5) is 2.54. The highest BCUT2D eigenvalue weighted by atomic mass is 15.2. The van der Waals surface area contributed by atoms with Gasteiger partial charge in [0.1, 0.15) is 0 Å². The van der Waals surface area contributed by atoms with Crippen LogP contribution < -0.4 is 0 Å². The Labute approximate surface area is 114 Å². The van der Waals surface area contributed by atoms with Crippen LogP contribution in [0.3, 0.4) is 0 Å². The molecule has 1 heterocycles. The fourth-order valence-electron chi connectivity index (χ4n) is 3.29. The molecule has 18 heavy (non-hydrogen) atoms. The molecule has 0 N–H and O–H groups in total. The van der Waals surface area contributed by atoms with Crippen LogP contribution >= 0.6 is 0 Å². The molecule has 0 spiro atoms. The second kappa shape index (κ2) is 6.45. The minimum Gasteiger partial charge on any atom is -0.368 e. The Hall–Kier alpha value is -0.720. The van der Waals surface area contributed by atoms with E-state index in [1.165, 1.54) is 30.5 Å². The summed E-state index contributed by atoms with van der Waals surface area (Å²) in [5, 5.41) is 0. The Balaban J connectivity index is 2.83. The van der Waals surface area contributed by atoms with Crippen LogP contribution in [0.4, 0.5) is 0 Å². The lowest BCUT2D eigenvalue weighted by Gasteiger charge is -2.35. The lowest BCUT2D eigenvalue weighted by Crippen LogP contribution is -2.34. The summed E-state index contributed by atoms with van der Waals surface area (Å²) < 4.78 is 0. The van der Waals surface area contributed by atoms with E-state index in [9.17, 15) is 0 Å². The van der Waals surface area contributed by atoms with Crippen LogP contribution in [0, 0.1) is 17.8 Å². The highest BCUT2D eigenvalue weighted by Crippen LogP contribution is 2.36. The van der Waals surface area contributed by atoms with Crippen LogP contribution in [0.5, 0.6) is 0 Å². The first-order valence-corrected chi connectivity index (χ1v) is 7.53. The first-order chi connectivity index (χ1) is 8.42. The molecule has 0 bridgehead atoms. The number of hydrogen-bond acceptors (Lipinski definition) is 1. The van der Waals surface area contributed by atoms with Crippen molar-refractivity contribution in [2.24, 2.45) is 17.8 Å². The average Bonchev–Trinajstić information content (AvgIpc) is 2.72. The van der Waals surface area contributed by atoms with E-state index in [1.807, 2.05) is 0 Å². The van der Waals surface area contributed by atoms with Crippen molar-refractivity contribution in [2.45, 2.75) is 59.9 Å². The van der Waals surface area contributed by atoms with Gasteiger partial charge in [0.05, 0.1) is 0 Å². The van der Waals surface area contributed by atoms with Crippen molar-refractivity contribution in [2.75, 3.05) is 6.54 Å². The Kier molecular flexibility index (Phi) is 5.49. The van der Waals surface area contributed by atoms with Crippen molar-refractivity contribution in [3.8, 4) is 0 Å². The molecule has 0 amide bonds. The third-order valence-electron chi connectivity index (χ3n) is 4.65. The molecule has 0 aromatic carbocycles. The molecule has 4 unspecified atom stereocenters. The summed E-state index contributed by atoms with van der Waals surface area (Å²) in [6.45, 7) is 21.2. The molecule has 0 aliphatic carbocycles. The van der Waals surface area contributed by atoms with Crippen LogP contribution in [-0.4, -0.2) is 17.5 Å². The zero-order valence-electron chi connectivity index (χ0n) is 13.0. The zero-order chi connectivity index (χ0) is 13.9. The maximum atomic E-state index is 4.43. The summed E-state index contributed by atoms with van der Waals surface area (Å²) in [7, 11) is 0. The van der Waals surface area contributed by atoms with Gasteiger partial charge in [0.25, 0.3) is 0 Å². The number of likely N-dealkylation sites (tertiary alicyclic amines) is 1. The third-order valence-corrected chi connectivity index (χ3v) is 4.65. The van der Waals surface area contributed by atoms with Gasteiger partial charge in [-0.1, -0.05) is 52.8 Å². The molecule has 1 nitrogen and oxygen atoms in total. The standard InChI is InChI=1S/C17H31N/c1-8-14(6)16(9-2)15(7)18-11-13(5)10-17(18)12(3)4/h13-14,16-17H,3,7-11H2,1-2,4-6H3. The van der Waals surface area contributed by atoms with Crippen LogP contribution in [-0.2, 0) is 0 Å². The Morgan fingerprint density at radius 2 is 1.89 bits per heavy atom. The first-order valence-electron chi connectivity index (χ1n) is 7.53. The van der Waals surface area contributed by atoms with Gasteiger partial charge in [-0.15, -0.1) is 0 Å². The van der Waals surface area contributed by atoms with E-state index < -0.39 is 0 Å². The van der Waals surface area contributed by atoms with Crippen molar-refractivity contribution >= 4 is 0 Å². The molecular formula is C17H31N. The molecule has 1 aliphatic heterocycles. The molecule has 1 fully saturated rings. The molecule has 4 atom stereocenters. The Morgan fingerprint density at radius 3 is 2.33 bits per heavy atom. The van der Waals surface area contributed by atoms with Gasteiger partial charge in [-0.3, -0.25) is 0 Å². The van der Waals surface area contributed by atoms with Crippen molar-refractivity contribution in [1.29, 1.82) is 0 Å². The van der Waals surface area contributed by atoms with Gasteiger partial charge >= 0.3 is 0 Å². The van der Waals surface area contributed by atoms with Gasteiger partial charge in [-0.25, -0.2) is 0 Å². The molecular weight excluding hydrogens is 218 g/mol. The van der Waals surface area contributed by atoms with E-state index in [0.29, 0.717) is 12.0 Å². The van der Waals surface area contributed by atoms with Crippen molar-refractivity contribution in [1.82, 2.24) is 4.90 Å². The average molecular weight is 249 g/mol. The first kappa shape index (κ1) is 15.3. The molecule has 1 saturated heterocycles. The van der Waals surface area contributed by atoms with E-state index in [0.717, 1.165) is 18.4 Å². The fraction of sp³-hybridized carbons (Fsp3) is 0.765. The molecule has 104 valence electrons. The van der Waals surface area contributed by atoms with E-state index in [1.54, 1.807) is 0 Å². The van der Waals surface area contributed by atoms with Gasteiger partial charge in [0.2, 0.25) is 0 Å². The predicted molar refractivity (Wildman–Crippen MR) is 81.5 cm³/mol. The molecule has 0 aromatic heterocycles. The monoisotopic (exact) mass is 249 g/mol. The van der Waals surface area contributed by atoms with E-state index >= 15 is 0 Å². The highest BCUT2D eigenvalue weighted by molar-refractivity contribution is 5.15. The highest BCUT2D eigenvalue weighted by Gasteiger charge is 2.33. The summed E-state index contributed by atoms with van der Waals surface area (Å²) in [6, 6.07) is 0.519. The van der Waals surface area contributed by atoms with Gasteiger partial charge in [0.15, 0.2) is 0 Å². The smallest absolute Gasteiger partial charge is 0.0497 e. The Morgan fingerprint density at radius 1 is 1.28 bits per heavy atom. The van der Waals surface area contributed by atoms with Gasteiger partial charge < -0.3 is 4.90 Å². The molecule has 1 heteroatoms. The zero-order valence-corrected chi connectivity index (χ0v) is 13.0. The maximum Gasteiger partial charge on any atom is 0.0497 e. The molecule has 1 aliphatic rings. The lowest BCUT2D eigenvalue weighted by atomic mass is 9.86. The molecule has 0 aromatic rings. The minimum absolute atomic E-state index is 0.519. The maximum absolute atomic E-state index is 4.43. The van der Waals surface area contributed by atoms with E-state index in [4.69, 9.17) is 0 Å². The van der Waals surface area contributed by atoms with Gasteiger partial charge in [-0.2, -0.15) is 0 Å². The second-order valence-electron chi connectivity index (χ2n) is 6.25. The van der Waals surface area contributed by atoms with Crippen LogP contribution in [0.2, 0.25) is 0 Å². The van der Waals surface area contributed by atoms with Crippen molar-refractivity contribution in [3.05, 3.63) is 24.4 Å². The molecule has 0 saturated carbocycles. The summed E-state index contributed by atoms with van der Waals surface area (Å²) >= 11 is 0. The SMILES string of the molecule is C=C(C)C1CC(C)CN1C(=C)C(CC)C(C)CC. The summed E-state index contributed by atoms with van der Waals surface area (Å²) in [6.07, 6.45) is 3.67. The lowest BCUT2D eigenvalue weighted by molar-refractivity contribution is 0.258. The minimum atomic E-state index is 0.519. The van der Waals surface area contributed by atoms with Gasteiger partial charge in [0, 0.05) is 24.2 Å². The summed E-state index contributed by atoms with van der Waals surface area (Å²) in [5.41, 5.74) is 2.64. The van der Waals surface area contributed by atoms with Crippen LogP contribution in [0.15, 0.2) is 24.4 Å². The largest absolute Gasteiger partial charge is 0.368 e. The number of nitrogens with zero attached hydrogens (tertiary/aromatic N) is 1. The third kappa shape index (κ3) is 3.18.